The summed E-state index contributed by atoms with van der Waals surface area (Å²) in [5.41, 5.74) is 0.00463. The van der Waals surface area contributed by atoms with Crippen molar-refractivity contribution >= 4 is 11.6 Å². The lowest BCUT2D eigenvalue weighted by atomic mass is 10.0. The summed E-state index contributed by atoms with van der Waals surface area (Å²) in [5.74, 6) is 0.867. The monoisotopic (exact) mass is 187 g/mol. The van der Waals surface area contributed by atoms with Crippen molar-refractivity contribution in [1.29, 1.82) is 0 Å². The molecule has 0 unspecified atom stereocenters. The highest BCUT2D eigenvalue weighted by atomic mass is 35.5. The first kappa shape index (κ1) is 9.52. The molecule has 3 nitrogen and oxygen atoms in total. The Morgan fingerprint density at radius 3 is 2.33 bits per heavy atom. The van der Waals surface area contributed by atoms with Crippen LogP contribution in [0, 0.1) is 6.92 Å². The fraction of sp³-hybridized carbons (Fsp3) is 0.750. The van der Waals surface area contributed by atoms with Crippen molar-refractivity contribution in [1.82, 2.24) is 14.8 Å². The number of aromatic nitrogens is 3. The molecule has 0 saturated carbocycles. The van der Waals surface area contributed by atoms with E-state index in [0.29, 0.717) is 5.28 Å². The van der Waals surface area contributed by atoms with Gasteiger partial charge in [0.2, 0.25) is 5.28 Å². The first-order valence-corrected chi connectivity index (χ1v) is 4.45. The lowest BCUT2D eigenvalue weighted by Crippen LogP contribution is -2.26. The second-order valence-corrected chi connectivity index (χ2v) is 3.86. The molecule has 0 N–H and O–H groups in total. The summed E-state index contributed by atoms with van der Waals surface area (Å²) in [6.07, 6.45) is 1.01. The predicted octanol–water partition coefficient (Wildman–Crippen LogP) is 2.39. The van der Waals surface area contributed by atoms with Crippen LogP contribution in [0.4, 0.5) is 0 Å². The number of nitrogens with zero attached hydrogens (tertiary/aromatic N) is 3. The predicted molar refractivity (Wildman–Crippen MR) is 49.4 cm³/mol. The minimum Gasteiger partial charge on any atom is -0.296 e. The van der Waals surface area contributed by atoms with Crippen molar-refractivity contribution in [2.24, 2.45) is 0 Å². The Bertz CT molecular complexity index is 258. The molecule has 0 fully saturated rings. The zero-order chi connectivity index (χ0) is 9.35. The lowest BCUT2D eigenvalue weighted by molar-refractivity contribution is 0.335. The molecule has 12 heavy (non-hydrogen) atoms. The number of aryl methyl sites for hydroxylation is 1. The third-order valence-electron chi connectivity index (χ3n) is 2.26. The highest BCUT2D eigenvalue weighted by Crippen LogP contribution is 2.24. The molecule has 0 bridgehead atoms. The summed E-state index contributed by atoms with van der Waals surface area (Å²) in [7, 11) is 0. The summed E-state index contributed by atoms with van der Waals surface area (Å²) in [6, 6.07) is 0. The molecule has 1 aromatic rings. The van der Waals surface area contributed by atoms with Crippen molar-refractivity contribution in [3.05, 3.63) is 11.1 Å². The summed E-state index contributed by atoms with van der Waals surface area (Å²) >= 11 is 5.90. The van der Waals surface area contributed by atoms with Gasteiger partial charge in [-0.1, -0.05) is 6.92 Å². The van der Waals surface area contributed by atoms with Crippen LogP contribution < -0.4 is 0 Å². The molecule has 0 radical (unpaired) electrons. The van der Waals surface area contributed by atoms with Gasteiger partial charge in [0.25, 0.3) is 0 Å². The van der Waals surface area contributed by atoms with Gasteiger partial charge in [-0.2, -0.15) is 0 Å². The van der Waals surface area contributed by atoms with Gasteiger partial charge in [-0.05, 0) is 38.8 Å². The third kappa shape index (κ3) is 1.46. The Morgan fingerprint density at radius 1 is 1.42 bits per heavy atom. The third-order valence-corrected chi connectivity index (χ3v) is 2.50. The average molecular weight is 188 g/mol. The quantitative estimate of drug-likeness (QED) is 0.712. The van der Waals surface area contributed by atoms with Crippen LogP contribution in [0.3, 0.4) is 0 Å². The number of hydrogen-bond acceptors (Lipinski definition) is 2. The van der Waals surface area contributed by atoms with Gasteiger partial charge in [-0.15, -0.1) is 10.2 Å². The molecular formula is C8H14ClN3. The summed E-state index contributed by atoms with van der Waals surface area (Å²) in [5, 5.41) is 8.19. The Kier molecular flexibility index (Phi) is 2.42. The van der Waals surface area contributed by atoms with Crippen LogP contribution in [-0.2, 0) is 5.54 Å². The van der Waals surface area contributed by atoms with E-state index in [1.807, 2.05) is 11.5 Å². The van der Waals surface area contributed by atoms with Crippen LogP contribution in [0.15, 0.2) is 0 Å². The number of hydrogen-bond donors (Lipinski definition) is 0. The molecule has 0 saturated heterocycles. The molecule has 68 valence electrons. The van der Waals surface area contributed by atoms with Gasteiger partial charge in [0.1, 0.15) is 5.82 Å². The molecule has 1 rings (SSSR count). The maximum atomic E-state index is 5.90. The van der Waals surface area contributed by atoms with E-state index in [1.54, 1.807) is 0 Å². The topological polar surface area (TPSA) is 30.7 Å². The maximum absolute atomic E-state index is 5.90. The van der Waals surface area contributed by atoms with E-state index in [9.17, 15) is 0 Å². The minimum absolute atomic E-state index is 0.00463. The van der Waals surface area contributed by atoms with Gasteiger partial charge in [-0.3, -0.25) is 4.57 Å². The minimum atomic E-state index is 0.00463. The van der Waals surface area contributed by atoms with Gasteiger partial charge >= 0.3 is 0 Å². The Labute approximate surface area is 77.8 Å². The smallest absolute Gasteiger partial charge is 0.225 e. The Morgan fingerprint density at radius 2 is 2.00 bits per heavy atom. The van der Waals surface area contributed by atoms with E-state index in [4.69, 9.17) is 11.6 Å². The summed E-state index contributed by atoms with van der Waals surface area (Å²) in [6.45, 7) is 8.27. The first-order valence-electron chi connectivity index (χ1n) is 4.07. The van der Waals surface area contributed by atoms with Crippen LogP contribution in [-0.4, -0.2) is 14.8 Å². The molecule has 0 spiro atoms. The van der Waals surface area contributed by atoms with Crippen LogP contribution >= 0.6 is 11.6 Å². The Balaban J connectivity index is 3.17. The van der Waals surface area contributed by atoms with Gasteiger partial charge < -0.3 is 0 Å². The molecule has 0 amide bonds. The highest BCUT2D eigenvalue weighted by molar-refractivity contribution is 6.28. The normalized spacial score (nSPS) is 12.1. The van der Waals surface area contributed by atoms with Crippen molar-refractivity contribution in [2.45, 2.75) is 39.7 Å². The molecule has 4 heteroatoms. The molecule has 1 aromatic heterocycles. The van der Waals surface area contributed by atoms with Crippen LogP contribution in [0.5, 0.6) is 0 Å². The maximum Gasteiger partial charge on any atom is 0.225 e. The van der Waals surface area contributed by atoms with E-state index >= 15 is 0 Å². The van der Waals surface area contributed by atoms with Crippen LogP contribution in [0.25, 0.3) is 0 Å². The Hall–Kier alpha value is -0.570. The zero-order valence-corrected chi connectivity index (χ0v) is 8.68. The molecule has 0 atom stereocenters. The van der Waals surface area contributed by atoms with Crippen LogP contribution in [0.1, 0.15) is 33.0 Å². The summed E-state index contributed by atoms with van der Waals surface area (Å²) in [4.78, 5) is 0. The van der Waals surface area contributed by atoms with E-state index in [1.165, 1.54) is 0 Å². The molecule has 0 aliphatic carbocycles. The fourth-order valence-electron chi connectivity index (χ4n) is 1.18. The first-order chi connectivity index (χ1) is 5.49. The van der Waals surface area contributed by atoms with Gasteiger partial charge in [0.05, 0.1) is 0 Å². The molecule has 1 heterocycles. The van der Waals surface area contributed by atoms with Gasteiger partial charge in [0.15, 0.2) is 0 Å². The highest BCUT2D eigenvalue weighted by Gasteiger charge is 2.22. The molecule has 0 aliphatic rings. The average Bonchev–Trinajstić information content (AvgIpc) is 2.31. The molecular weight excluding hydrogens is 174 g/mol. The van der Waals surface area contributed by atoms with E-state index < -0.39 is 0 Å². The largest absolute Gasteiger partial charge is 0.296 e. The van der Waals surface area contributed by atoms with Gasteiger partial charge in [-0.25, -0.2) is 0 Å². The van der Waals surface area contributed by atoms with E-state index in [-0.39, 0.29) is 5.54 Å². The fourth-order valence-corrected chi connectivity index (χ4v) is 1.57. The van der Waals surface area contributed by atoms with Gasteiger partial charge in [0, 0.05) is 5.54 Å². The van der Waals surface area contributed by atoms with E-state index in [0.717, 1.165) is 12.2 Å². The zero-order valence-electron chi connectivity index (χ0n) is 7.93. The SMILES string of the molecule is CCC(C)(C)n1c(C)nnc1Cl. The molecule has 0 aliphatic heterocycles. The summed E-state index contributed by atoms with van der Waals surface area (Å²) < 4.78 is 1.95. The van der Waals surface area contributed by atoms with E-state index in [2.05, 4.69) is 31.0 Å². The van der Waals surface area contributed by atoms with Crippen molar-refractivity contribution in [3.63, 3.8) is 0 Å². The van der Waals surface area contributed by atoms with Crippen LogP contribution in [0.2, 0.25) is 5.28 Å². The number of halogens is 1. The van der Waals surface area contributed by atoms with Crippen molar-refractivity contribution in [3.8, 4) is 0 Å². The van der Waals surface area contributed by atoms with Crippen molar-refractivity contribution in [2.75, 3.05) is 0 Å². The molecule has 0 aromatic carbocycles. The lowest BCUT2D eigenvalue weighted by Gasteiger charge is -2.26. The second kappa shape index (κ2) is 3.05. The standard InChI is InChI=1S/C8H14ClN3/c1-5-8(3,4)12-6(2)10-11-7(12)9/h5H2,1-4H3. The second-order valence-electron chi connectivity index (χ2n) is 3.52. The van der Waals surface area contributed by atoms with Crippen molar-refractivity contribution < 1.29 is 0 Å². The number of rotatable bonds is 2.